The predicted molar refractivity (Wildman–Crippen MR) is 75.7 cm³/mol. The van der Waals surface area contributed by atoms with Crippen LogP contribution in [0.2, 0.25) is 0 Å². The van der Waals surface area contributed by atoms with Crippen LogP contribution in [-0.2, 0) is 13.0 Å². The highest BCUT2D eigenvalue weighted by atomic mass is 19.3. The van der Waals surface area contributed by atoms with Crippen LogP contribution in [0.25, 0.3) is 11.3 Å². The molecule has 0 aliphatic heterocycles. The summed E-state index contributed by atoms with van der Waals surface area (Å²) in [6, 6.07) is 4.19. The molecule has 7 heteroatoms. The van der Waals surface area contributed by atoms with Gasteiger partial charge in [-0.2, -0.15) is 5.10 Å². The van der Waals surface area contributed by atoms with Gasteiger partial charge in [0.05, 0.1) is 19.9 Å². The van der Waals surface area contributed by atoms with Crippen molar-refractivity contribution >= 4 is 5.82 Å². The molecule has 1 heterocycles. The van der Waals surface area contributed by atoms with E-state index in [4.69, 9.17) is 15.2 Å². The van der Waals surface area contributed by atoms with Gasteiger partial charge in [0.1, 0.15) is 5.82 Å². The lowest BCUT2D eigenvalue weighted by Crippen LogP contribution is -2.08. The van der Waals surface area contributed by atoms with Crippen LogP contribution in [0, 0.1) is 0 Å². The molecule has 0 saturated heterocycles. The van der Waals surface area contributed by atoms with E-state index < -0.39 is 5.92 Å². The number of nitrogen functional groups attached to an aromatic ring is 1. The zero-order chi connectivity index (χ0) is 15.8. The lowest BCUT2D eigenvalue weighted by atomic mass is 10.0. The minimum absolute atomic E-state index is 0.181. The monoisotopic (exact) mass is 297 g/mol. The number of benzene rings is 1. The number of aromatic nitrogens is 2. The van der Waals surface area contributed by atoms with Gasteiger partial charge < -0.3 is 15.2 Å². The van der Waals surface area contributed by atoms with Crippen LogP contribution < -0.4 is 15.2 Å². The average Bonchev–Trinajstić information content (AvgIpc) is 2.75. The first-order valence-corrected chi connectivity index (χ1v) is 6.22. The Morgan fingerprint density at radius 3 is 2.29 bits per heavy atom. The minimum Gasteiger partial charge on any atom is -0.493 e. The molecule has 1 aromatic carbocycles. The number of ether oxygens (including phenoxy) is 2. The van der Waals surface area contributed by atoms with Crippen LogP contribution in [0.3, 0.4) is 0 Å². The van der Waals surface area contributed by atoms with E-state index in [1.165, 1.54) is 31.0 Å². The second-order valence-corrected chi connectivity index (χ2v) is 4.73. The first-order valence-electron chi connectivity index (χ1n) is 6.22. The van der Waals surface area contributed by atoms with Crippen molar-refractivity contribution in [3.8, 4) is 22.8 Å². The molecule has 0 fully saturated rings. The topological polar surface area (TPSA) is 62.3 Å². The van der Waals surface area contributed by atoms with Gasteiger partial charge in [-0.15, -0.1) is 0 Å². The number of nitrogens with two attached hydrogens (primary N) is 1. The lowest BCUT2D eigenvalue weighted by Gasteiger charge is -2.17. The molecule has 0 amide bonds. The number of aryl methyl sites for hydroxylation is 1. The standard InChI is InChI=1S/C14H17F2N3O2/c1-14(15,16)8-5-9(10-7-12(17)19(2)18-10)13(21-4)11(6-8)20-3/h5-7H,17H2,1-4H3. The van der Waals surface area contributed by atoms with Crippen molar-refractivity contribution in [2.45, 2.75) is 12.8 Å². The third-order valence-electron chi connectivity index (χ3n) is 3.18. The number of rotatable bonds is 4. The highest BCUT2D eigenvalue weighted by Crippen LogP contribution is 2.42. The Kier molecular flexibility index (Phi) is 3.76. The number of hydrogen-bond acceptors (Lipinski definition) is 4. The number of nitrogens with zero attached hydrogens (tertiary/aromatic N) is 2. The minimum atomic E-state index is -3.01. The Hall–Kier alpha value is -2.31. The SMILES string of the molecule is COc1cc(C(C)(F)F)cc(-c2cc(N)n(C)n2)c1OC. The van der Waals surface area contributed by atoms with E-state index in [2.05, 4.69) is 5.10 Å². The summed E-state index contributed by atoms with van der Waals surface area (Å²) >= 11 is 0. The highest BCUT2D eigenvalue weighted by molar-refractivity contribution is 5.74. The molecular weight excluding hydrogens is 280 g/mol. The first-order chi connectivity index (χ1) is 9.77. The Morgan fingerprint density at radius 1 is 1.19 bits per heavy atom. The lowest BCUT2D eigenvalue weighted by molar-refractivity contribution is 0.0172. The van der Waals surface area contributed by atoms with Crippen LogP contribution >= 0.6 is 0 Å². The highest BCUT2D eigenvalue weighted by Gasteiger charge is 2.28. The summed E-state index contributed by atoms with van der Waals surface area (Å²) in [5.74, 6) is -2.03. The Morgan fingerprint density at radius 2 is 1.86 bits per heavy atom. The van der Waals surface area contributed by atoms with Crippen molar-refractivity contribution in [1.82, 2.24) is 9.78 Å². The van der Waals surface area contributed by atoms with E-state index in [1.807, 2.05) is 0 Å². The van der Waals surface area contributed by atoms with Crippen molar-refractivity contribution < 1.29 is 18.3 Å². The normalized spacial score (nSPS) is 11.5. The zero-order valence-electron chi connectivity index (χ0n) is 12.3. The van der Waals surface area contributed by atoms with Crippen molar-refractivity contribution in [1.29, 1.82) is 0 Å². The van der Waals surface area contributed by atoms with E-state index in [0.29, 0.717) is 22.8 Å². The second kappa shape index (κ2) is 5.23. The van der Waals surface area contributed by atoms with Crippen molar-refractivity contribution in [2.24, 2.45) is 7.05 Å². The predicted octanol–water partition coefficient (Wildman–Crippen LogP) is 2.80. The molecule has 0 radical (unpaired) electrons. The average molecular weight is 297 g/mol. The van der Waals surface area contributed by atoms with Gasteiger partial charge in [0, 0.05) is 31.2 Å². The fourth-order valence-corrected chi connectivity index (χ4v) is 2.02. The molecule has 21 heavy (non-hydrogen) atoms. The Balaban J connectivity index is 2.72. The molecular formula is C14H17F2N3O2. The summed E-state index contributed by atoms with van der Waals surface area (Å²) in [7, 11) is 4.50. The van der Waals surface area contributed by atoms with E-state index in [9.17, 15) is 8.78 Å². The van der Waals surface area contributed by atoms with Crippen LogP contribution in [0.1, 0.15) is 12.5 Å². The summed E-state index contributed by atoms with van der Waals surface area (Å²) in [5.41, 5.74) is 6.41. The number of hydrogen-bond donors (Lipinski definition) is 1. The number of anilines is 1. The molecule has 0 saturated carbocycles. The molecule has 0 aliphatic carbocycles. The van der Waals surface area contributed by atoms with E-state index in [-0.39, 0.29) is 11.3 Å². The fraction of sp³-hybridized carbons (Fsp3) is 0.357. The molecule has 0 bridgehead atoms. The molecule has 114 valence electrons. The second-order valence-electron chi connectivity index (χ2n) is 4.73. The van der Waals surface area contributed by atoms with Gasteiger partial charge in [0.2, 0.25) is 0 Å². The van der Waals surface area contributed by atoms with Crippen molar-refractivity contribution in [2.75, 3.05) is 20.0 Å². The summed E-state index contributed by atoms with van der Waals surface area (Å²) in [4.78, 5) is 0. The van der Waals surface area contributed by atoms with Crippen LogP contribution in [0.15, 0.2) is 18.2 Å². The molecule has 0 spiro atoms. The van der Waals surface area contributed by atoms with Gasteiger partial charge in [0.15, 0.2) is 11.5 Å². The van der Waals surface area contributed by atoms with Crippen LogP contribution in [-0.4, -0.2) is 24.0 Å². The number of halogens is 2. The summed E-state index contributed by atoms with van der Waals surface area (Å²) < 4.78 is 39.2. The summed E-state index contributed by atoms with van der Waals surface area (Å²) in [5, 5.41) is 4.20. The van der Waals surface area contributed by atoms with Gasteiger partial charge in [-0.05, 0) is 12.1 Å². The molecule has 2 N–H and O–H groups in total. The molecule has 5 nitrogen and oxygen atoms in total. The van der Waals surface area contributed by atoms with Crippen LogP contribution in [0.4, 0.5) is 14.6 Å². The van der Waals surface area contributed by atoms with E-state index in [0.717, 1.165) is 6.92 Å². The number of alkyl halides is 2. The number of methoxy groups -OCH3 is 2. The van der Waals surface area contributed by atoms with Crippen LogP contribution in [0.5, 0.6) is 11.5 Å². The van der Waals surface area contributed by atoms with Crippen molar-refractivity contribution in [3.63, 3.8) is 0 Å². The maximum atomic E-state index is 13.6. The first kappa shape index (κ1) is 15.1. The fourth-order valence-electron chi connectivity index (χ4n) is 2.02. The van der Waals surface area contributed by atoms with E-state index in [1.54, 1.807) is 13.1 Å². The summed E-state index contributed by atoms with van der Waals surface area (Å²) in [6.45, 7) is 0.824. The van der Waals surface area contributed by atoms with Gasteiger partial charge in [-0.1, -0.05) is 0 Å². The van der Waals surface area contributed by atoms with Gasteiger partial charge in [-0.3, -0.25) is 4.68 Å². The molecule has 2 rings (SSSR count). The molecule has 1 aromatic heterocycles. The largest absolute Gasteiger partial charge is 0.493 e. The van der Waals surface area contributed by atoms with Gasteiger partial charge >= 0.3 is 0 Å². The quantitative estimate of drug-likeness (QED) is 0.942. The molecule has 0 aliphatic rings. The molecule has 2 aromatic rings. The molecule has 0 atom stereocenters. The van der Waals surface area contributed by atoms with Gasteiger partial charge in [0.25, 0.3) is 5.92 Å². The maximum absolute atomic E-state index is 13.6. The zero-order valence-corrected chi connectivity index (χ0v) is 12.3. The van der Waals surface area contributed by atoms with Crippen molar-refractivity contribution in [3.05, 3.63) is 23.8 Å². The van der Waals surface area contributed by atoms with E-state index >= 15 is 0 Å². The Labute approximate surface area is 121 Å². The third kappa shape index (κ3) is 2.76. The van der Waals surface area contributed by atoms with Gasteiger partial charge in [-0.25, -0.2) is 8.78 Å². The third-order valence-corrected chi connectivity index (χ3v) is 3.18. The summed E-state index contributed by atoms with van der Waals surface area (Å²) in [6.07, 6.45) is 0. The smallest absolute Gasteiger partial charge is 0.270 e. The Bertz CT molecular complexity index is 643. The molecule has 0 unspecified atom stereocenters. The maximum Gasteiger partial charge on any atom is 0.270 e.